The summed E-state index contributed by atoms with van der Waals surface area (Å²) in [6.07, 6.45) is -0.368. The molecule has 3 heterocycles. The summed E-state index contributed by atoms with van der Waals surface area (Å²) < 4.78 is 42.1. The summed E-state index contributed by atoms with van der Waals surface area (Å²) in [7, 11) is 0. The number of benzene rings is 1. The number of hydrogen-bond acceptors (Lipinski definition) is 9. The van der Waals surface area contributed by atoms with Gasteiger partial charge in [-0.2, -0.15) is 0 Å². The van der Waals surface area contributed by atoms with Gasteiger partial charge in [-0.1, -0.05) is 5.16 Å². The lowest BCUT2D eigenvalue weighted by Crippen LogP contribution is -2.44. The molecule has 2 fully saturated rings. The summed E-state index contributed by atoms with van der Waals surface area (Å²) in [6.45, 7) is 11.5. The fraction of sp³-hybridized carbons (Fsp3) is 0.571. The number of cyclic esters (lactones) is 1. The van der Waals surface area contributed by atoms with E-state index in [1.807, 2.05) is 20.8 Å². The molecule has 41 heavy (non-hydrogen) atoms. The fourth-order valence-electron chi connectivity index (χ4n) is 4.37. The number of halogens is 1. The van der Waals surface area contributed by atoms with E-state index in [4.69, 9.17) is 23.5 Å². The first-order valence-corrected chi connectivity index (χ1v) is 13.5. The van der Waals surface area contributed by atoms with Crippen LogP contribution in [0.3, 0.4) is 0 Å². The number of ether oxygens (including phenoxy) is 4. The van der Waals surface area contributed by atoms with E-state index in [1.165, 1.54) is 34.3 Å². The van der Waals surface area contributed by atoms with Gasteiger partial charge in [0, 0.05) is 38.1 Å². The van der Waals surface area contributed by atoms with Crippen molar-refractivity contribution in [3.8, 4) is 5.75 Å². The van der Waals surface area contributed by atoms with Crippen LogP contribution in [0.25, 0.3) is 0 Å². The number of hydrogen-bond donors (Lipinski definition) is 0. The Balaban J connectivity index is 1.35. The van der Waals surface area contributed by atoms with Crippen molar-refractivity contribution in [3.05, 3.63) is 36.3 Å². The highest BCUT2D eigenvalue weighted by molar-refractivity contribution is 5.91. The van der Waals surface area contributed by atoms with Gasteiger partial charge in [0.25, 0.3) is 0 Å². The van der Waals surface area contributed by atoms with E-state index >= 15 is 4.39 Å². The third-order valence-corrected chi connectivity index (χ3v) is 6.19. The maximum atomic E-state index is 15.1. The quantitative estimate of drug-likeness (QED) is 0.418. The van der Waals surface area contributed by atoms with Gasteiger partial charge in [-0.25, -0.2) is 18.8 Å². The molecule has 2 aromatic rings. The second-order valence-electron chi connectivity index (χ2n) is 12.0. The highest BCUT2D eigenvalue weighted by Gasteiger charge is 2.37. The van der Waals surface area contributed by atoms with Crippen LogP contribution in [0.1, 0.15) is 54.4 Å². The van der Waals surface area contributed by atoms with Gasteiger partial charge < -0.3 is 28.4 Å². The topological polar surface area (TPSA) is 124 Å². The normalized spacial score (nSPS) is 18.2. The molecule has 2 saturated heterocycles. The van der Waals surface area contributed by atoms with E-state index in [9.17, 15) is 14.4 Å². The molecule has 1 atom stereocenters. The van der Waals surface area contributed by atoms with Crippen LogP contribution in [-0.2, 0) is 14.2 Å². The Morgan fingerprint density at radius 2 is 1.76 bits per heavy atom. The number of rotatable bonds is 6. The summed E-state index contributed by atoms with van der Waals surface area (Å²) >= 11 is 0. The SMILES string of the molecule is CC(C)(C)OC(=O)N1CCC(Oc2ccc(N3C[C@H](CN(C(=O)OC(C)(C)C)c4ccon4)OC3=O)cc2F)CC1. The highest BCUT2D eigenvalue weighted by Crippen LogP contribution is 2.30. The molecule has 13 heteroatoms. The molecule has 12 nitrogen and oxygen atoms in total. The summed E-state index contributed by atoms with van der Waals surface area (Å²) in [5, 5.41) is 3.81. The number of piperidine rings is 1. The molecule has 0 unspecified atom stereocenters. The molecule has 0 aliphatic carbocycles. The van der Waals surface area contributed by atoms with Crippen molar-refractivity contribution in [1.82, 2.24) is 10.1 Å². The molecule has 0 spiro atoms. The Hall–Kier alpha value is -4.03. The molecule has 3 amide bonds. The van der Waals surface area contributed by atoms with Gasteiger partial charge in [0.15, 0.2) is 17.4 Å². The second kappa shape index (κ2) is 11.8. The molecule has 0 saturated carbocycles. The molecule has 2 aliphatic rings. The van der Waals surface area contributed by atoms with Crippen molar-refractivity contribution < 1.29 is 42.2 Å². The maximum absolute atomic E-state index is 15.1. The fourth-order valence-corrected chi connectivity index (χ4v) is 4.37. The van der Waals surface area contributed by atoms with E-state index in [0.29, 0.717) is 25.9 Å². The average molecular weight is 577 g/mol. The molecule has 4 rings (SSSR count). The molecule has 224 valence electrons. The number of aromatic nitrogens is 1. The zero-order chi connectivity index (χ0) is 29.9. The Morgan fingerprint density at radius 3 is 2.34 bits per heavy atom. The first-order valence-electron chi connectivity index (χ1n) is 13.5. The summed E-state index contributed by atoms with van der Waals surface area (Å²) in [4.78, 5) is 41.9. The van der Waals surface area contributed by atoms with Crippen molar-refractivity contribution in [3.63, 3.8) is 0 Å². The van der Waals surface area contributed by atoms with Crippen molar-refractivity contribution in [2.45, 2.75) is 77.8 Å². The maximum Gasteiger partial charge on any atom is 0.416 e. The monoisotopic (exact) mass is 576 g/mol. The zero-order valence-corrected chi connectivity index (χ0v) is 24.2. The minimum absolute atomic E-state index is 0.0463. The van der Waals surface area contributed by atoms with Crippen LogP contribution in [0, 0.1) is 5.82 Å². The minimum Gasteiger partial charge on any atom is -0.487 e. The largest absolute Gasteiger partial charge is 0.487 e. The Kier molecular flexibility index (Phi) is 8.64. The first kappa shape index (κ1) is 29.9. The van der Waals surface area contributed by atoms with E-state index in [-0.39, 0.29) is 42.5 Å². The third kappa shape index (κ3) is 8.01. The van der Waals surface area contributed by atoms with Crippen LogP contribution in [-0.4, -0.2) is 77.9 Å². The first-order chi connectivity index (χ1) is 19.2. The van der Waals surface area contributed by atoms with Gasteiger partial charge in [0.05, 0.1) is 18.8 Å². The summed E-state index contributed by atoms with van der Waals surface area (Å²) in [5.41, 5.74) is -1.05. The van der Waals surface area contributed by atoms with Crippen LogP contribution >= 0.6 is 0 Å². The van der Waals surface area contributed by atoms with E-state index < -0.39 is 35.3 Å². The Morgan fingerprint density at radius 1 is 1.07 bits per heavy atom. The number of amides is 3. The predicted molar refractivity (Wildman–Crippen MR) is 146 cm³/mol. The van der Waals surface area contributed by atoms with Crippen LogP contribution in [0.5, 0.6) is 5.75 Å². The lowest BCUT2D eigenvalue weighted by atomic mass is 10.1. The molecule has 0 N–H and O–H groups in total. The van der Waals surface area contributed by atoms with Gasteiger partial charge in [0.2, 0.25) is 0 Å². The number of likely N-dealkylation sites (tertiary alicyclic amines) is 1. The Bertz CT molecular complexity index is 1230. The van der Waals surface area contributed by atoms with Gasteiger partial charge >= 0.3 is 18.3 Å². The van der Waals surface area contributed by atoms with E-state index in [1.54, 1.807) is 31.7 Å². The van der Waals surface area contributed by atoms with Gasteiger partial charge in [0.1, 0.15) is 29.7 Å². The number of carbonyl (C=O) groups excluding carboxylic acids is 3. The standard InChI is InChI=1S/C28H37FN4O8/c1-27(2,3)40-24(34)31-12-9-19(10-13-31)38-22-8-7-18(15-21(22)29)32-16-20(39-25(32)35)17-33(23-11-14-37-30-23)26(36)41-28(4,5)6/h7-8,11,14-15,19-20H,9-10,12-13,16-17H2,1-6H3/t20-/m1/s1. The lowest BCUT2D eigenvalue weighted by Gasteiger charge is -2.33. The van der Waals surface area contributed by atoms with Crippen molar-refractivity contribution in [1.29, 1.82) is 0 Å². The zero-order valence-electron chi connectivity index (χ0n) is 24.2. The van der Waals surface area contributed by atoms with Crippen molar-refractivity contribution in [2.24, 2.45) is 0 Å². The minimum atomic E-state index is -0.756. The molecular weight excluding hydrogens is 539 g/mol. The molecule has 0 radical (unpaired) electrons. The second-order valence-corrected chi connectivity index (χ2v) is 12.0. The molecular formula is C28H37FN4O8. The molecule has 1 aromatic carbocycles. The van der Waals surface area contributed by atoms with Crippen molar-refractivity contribution >= 4 is 29.8 Å². The van der Waals surface area contributed by atoms with Crippen LogP contribution in [0.2, 0.25) is 0 Å². The number of nitrogens with zero attached hydrogens (tertiary/aromatic N) is 4. The third-order valence-electron chi connectivity index (χ3n) is 6.19. The average Bonchev–Trinajstić information content (AvgIpc) is 3.52. The molecule has 2 aliphatic heterocycles. The Labute approximate surface area is 238 Å². The lowest BCUT2D eigenvalue weighted by molar-refractivity contribution is 0.0123. The van der Waals surface area contributed by atoms with E-state index in [0.717, 1.165) is 0 Å². The van der Waals surface area contributed by atoms with Crippen LogP contribution < -0.4 is 14.5 Å². The highest BCUT2D eigenvalue weighted by atomic mass is 19.1. The van der Waals surface area contributed by atoms with Gasteiger partial charge in [-0.3, -0.25) is 9.80 Å². The van der Waals surface area contributed by atoms with Crippen molar-refractivity contribution in [2.75, 3.05) is 36.0 Å². The van der Waals surface area contributed by atoms with Gasteiger partial charge in [-0.15, -0.1) is 0 Å². The van der Waals surface area contributed by atoms with Crippen LogP contribution in [0.4, 0.5) is 30.3 Å². The molecule has 1 aromatic heterocycles. The van der Waals surface area contributed by atoms with Crippen LogP contribution in [0.15, 0.2) is 35.1 Å². The molecule has 0 bridgehead atoms. The summed E-state index contributed by atoms with van der Waals surface area (Å²) in [5.74, 6) is -0.375. The predicted octanol–water partition coefficient (Wildman–Crippen LogP) is 5.36. The van der Waals surface area contributed by atoms with E-state index in [2.05, 4.69) is 5.16 Å². The summed E-state index contributed by atoms with van der Waals surface area (Å²) in [6, 6.07) is 5.74. The number of anilines is 2. The smallest absolute Gasteiger partial charge is 0.416 e. The number of carbonyl (C=O) groups is 3. The van der Waals surface area contributed by atoms with Gasteiger partial charge in [-0.05, 0) is 53.7 Å².